The third-order valence-corrected chi connectivity index (χ3v) is 4.04. The SMILES string of the molecule is CN=C(NCc1ccc(OC)c(OC)c1)NCc1ccc(OC)c(OC)c1. The summed E-state index contributed by atoms with van der Waals surface area (Å²) in [5.74, 6) is 3.50. The largest absolute Gasteiger partial charge is 0.493 e. The minimum Gasteiger partial charge on any atom is -0.493 e. The zero-order valence-electron chi connectivity index (χ0n) is 16.5. The molecule has 2 N–H and O–H groups in total. The molecule has 0 unspecified atom stereocenters. The van der Waals surface area contributed by atoms with Gasteiger partial charge in [0.15, 0.2) is 29.0 Å². The van der Waals surface area contributed by atoms with Crippen molar-refractivity contribution < 1.29 is 18.9 Å². The van der Waals surface area contributed by atoms with Crippen LogP contribution in [0.4, 0.5) is 0 Å². The van der Waals surface area contributed by atoms with Crippen LogP contribution in [0.3, 0.4) is 0 Å². The second-order valence-electron chi connectivity index (χ2n) is 5.66. The standard InChI is InChI=1S/C20H27N3O4/c1-21-20(22-12-14-6-8-16(24-2)18(10-14)26-4)23-13-15-7-9-17(25-3)19(11-15)27-5/h6-11H,12-13H2,1-5H3,(H2,21,22,23). The molecule has 0 aromatic heterocycles. The summed E-state index contributed by atoms with van der Waals surface area (Å²) in [4.78, 5) is 4.25. The van der Waals surface area contributed by atoms with Crippen LogP contribution in [0.5, 0.6) is 23.0 Å². The number of ether oxygens (including phenoxy) is 4. The van der Waals surface area contributed by atoms with Crippen LogP contribution in [0.1, 0.15) is 11.1 Å². The molecule has 2 rings (SSSR count). The van der Waals surface area contributed by atoms with Crippen molar-refractivity contribution in [1.29, 1.82) is 0 Å². The second-order valence-corrected chi connectivity index (χ2v) is 5.66. The number of methoxy groups -OCH3 is 4. The van der Waals surface area contributed by atoms with Crippen molar-refractivity contribution in [3.8, 4) is 23.0 Å². The van der Waals surface area contributed by atoms with Gasteiger partial charge in [0.1, 0.15) is 0 Å². The molecule has 0 spiro atoms. The Morgan fingerprint density at radius 2 is 1.11 bits per heavy atom. The lowest BCUT2D eigenvalue weighted by atomic mass is 10.2. The van der Waals surface area contributed by atoms with E-state index in [1.54, 1.807) is 35.5 Å². The van der Waals surface area contributed by atoms with Crippen LogP contribution in [0, 0.1) is 0 Å². The smallest absolute Gasteiger partial charge is 0.191 e. The summed E-state index contributed by atoms with van der Waals surface area (Å²) in [6, 6.07) is 11.6. The molecule has 0 saturated carbocycles. The molecule has 0 heterocycles. The van der Waals surface area contributed by atoms with Crippen molar-refractivity contribution in [1.82, 2.24) is 10.6 Å². The minimum atomic E-state index is 0.603. The summed E-state index contributed by atoms with van der Waals surface area (Å²) in [6.07, 6.45) is 0. The van der Waals surface area contributed by atoms with Crippen molar-refractivity contribution in [2.75, 3.05) is 35.5 Å². The summed E-state index contributed by atoms with van der Waals surface area (Å²) in [5.41, 5.74) is 2.11. The third kappa shape index (κ3) is 5.44. The first kappa shape index (κ1) is 20.2. The van der Waals surface area contributed by atoms with Gasteiger partial charge in [-0.3, -0.25) is 4.99 Å². The predicted octanol–water partition coefficient (Wildman–Crippen LogP) is 2.59. The number of hydrogen-bond acceptors (Lipinski definition) is 5. The quantitative estimate of drug-likeness (QED) is 0.547. The van der Waals surface area contributed by atoms with E-state index >= 15 is 0 Å². The van der Waals surface area contributed by atoms with E-state index in [0.29, 0.717) is 42.0 Å². The Morgan fingerprint density at radius 3 is 1.44 bits per heavy atom. The summed E-state index contributed by atoms with van der Waals surface area (Å²) < 4.78 is 21.2. The lowest BCUT2D eigenvalue weighted by Crippen LogP contribution is -2.36. The van der Waals surface area contributed by atoms with Gasteiger partial charge in [-0.05, 0) is 35.4 Å². The molecule has 2 aromatic rings. The van der Waals surface area contributed by atoms with Crippen LogP contribution in [0.15, 0.2) is 41.4 Å². The maximum Gasteiger partial charge on any atom is 0.191 e. The molecular formula is C20H27N3O4. The molecule has 0 radical (unpaired) electrons. The first-order valence-corrected chi connectivity index (χ1v) is 8.51. The van der Waals surface area contributed by atoms with E-state index in [1.807, 2.05) is 36.4 Å². The molecule has 146 valence electrons. The minimum absolute atomic E-state index is 0.603. The maximum atomic E-state index is 5.34. The van der Waals surface area contributed by atoms with Gasteiger partial charge in [-0.1, -0.05) is 12.1 Å². The van der Waals surface area contributed by atoms with Crippen LogP contribution in [0.2, 0.25) is 0 Å². The lowest BCUT2D eigenvalue weighted by molar-refractivity contribution is 0.354. The fourth-order valence-corrected chi connectivity index (χ4v) is 2.57. The van der Waals surface area contributed by atoms with Crippen LogP contribution in [0.25, 0.3) is 0 Å². The summed E-state index contributed by atoms with van der Waals surface area (Å²) >= 11 is 0. The molecule has 7 nitrogen and oxygen atoms in total. The first-order valence-electron chi connectivity index (χ1n) is 8.51. The topological polar surface area (TPSA) is 73.3 Å². The molecule has 0 saturated heterocycles. The average Bonchev–Trinajstić information content (AvgIpc) is 2.73. The summed E-state index contributed by atoms with van der Waals surface area (Å²) in [7, 11) is 8.22. The highest BCUT2D eigenvalue weighted by Gasteiger charge is 2.07. The van der Waals surface area contributed by atoms with E-state index < -0.39 is 0 Å². The van der Waals surface area contributed by atoms with Gasteiger partial charge in [-0.2, -0.15) is 0 Å². The molecule has 0 bridgehead atoms. The number of rotatable bonds is 8. The van der Waals surface area contributed by atoms with Crippen LogP contribution in [-0.4, -0.2) is 41.4 Å². The summed E-state index contributed by atoms with van der Waals surface area (Å²) in [5, 5.41) is 6.56. The third-order valence-electron chi connectivity index (χ3n) is 4.04. The zero-order valence-corrected chi connectivity index (χ0v) is 16.5. The predicted molar refractivity (Wildman–Crippen MR) is 106 cm³/mol. The van der Waals surface area contributed by atoms with Gasteiger partial charge in [0.25, 0.3) is 0 Å². The van der Waals surface area contributed by atoms with Gasteiger partial charge in [0, 0.05) is 20.1 Å². The zero-order chi connectivity index (χ0) is 19.6. The number of guanidine groups is 1. The number of hydrogen-bond donors (Lipinski definition) is 2. The molecule has 7 heteroatoms. The van der Waals surface area contributed by atoms with Gasteiger partial charge in [-0.25, -0.2) is 0 Å². The van der Waals surface area contributed by atoms with Crippen LogP contribution < -0.4 is 29.6 Å². The molecule has 0 atom stereocenters. The van der Waals surface area contributed by atoms with Gasteiger partial charge in [0.05, 0.1) is 28.4 Å². The molecule has 2 aromatic carbocycles. The normalized spacial score (nSPS) is 9.96. The monoisotopic (exact) mass is 373 g/mol. The molecular weight excluding hydrogens is 346 g/mol. The number of benzene rings is 2. The molecule has 0 aliphatic rings. The van der Waals surface area contributed by atoms with E-state index in [4.69, 9.17) is 18.9 Å². The van der Waals surface area contributed by atoms with Crippen LogP contribution >= 0.6 is 0 Å². The highest BCUT2D eigenvalue weighted by atomic mass is 16.5. The van der Waals surface area contributed by atoms with Crippen molar-refractivity contribution in [3.05, 3.63) is 47.5 Å². The Morgan fingerprint density at radius 1 is 0.704 bits per heavy atom. The van der Waals surface area contributed by atoms with E-state index in [1.165, 1.54) is 0 Å². The van der Waals surface area contributed by atoms with Crippen LogP contribution in [-0.2, 0) is 13.1 Å². The second kappa shape index (κ2) is 10.2. The van der Waals surface area contributed by atoms with E-state index in [2.05, 4.69) is 15.6 Å². The fraction of sp³-hybridized carbons (Fsp3) is 0.350. The summed E-state index contributed by atoms with van der Waals surface area (Å²) in [6.45, 7) is 1.21. The number of nitrogens with zero attached hydrogens (tertiary/aromatic N) is 1. The highest BCUT2D eigenvalue weighted by Crippen LogP contribution is 2.28. The fourth-order valence-electron chi connectivity index (χ4n) is 2.57. The average molecular weight is 373 g/mol. The molecule has 0 aliphatic carbocycles. The van der Waals surface area contributed by atoms with Gasteiger partial charge in [-0.15, -0.1) is 0 Å². The number of nitrogens with one attached hydrogen (secondary N) is 2. The Balaban J connectivity index is 1.95. The Bertz CT molecular complexity index is 716. The molecule has 0 fully saturated rings. The van der Waals surface area contributed by atoms with Gasteiger partial charge in [0.2, 0.25) is 0 Å². The van der Waals surface area contributed by atoms with E-state index in [0.717, 1.165) is 11.1 Å². The molecule has 0 aliphatic heterocycles. The Hall–Kier alpha value is -3.09. The first-order chi connectivity index (χ1) is 13.1. The maximum absolute atomic E-state index is 5.34. The van der Waals surface area contributed by atoms with Crippen molar-refractivity contribution in [2.45, 2.75) is 13.1 Å². The van der Waals surface area contributed by atoms with Crippen molar-refractivity contribution in [3.63, 3.8) is 0 Å². The Labute approximate surface area is 160 Å². The molecule has 27 heavy (non-hydrogen) atoms. The number of aliphatic imine (C=N–C) groups is 1. The lowest BCUT2D eigenvalue weighted by Gasteiger charge is -2.14. The van der Waals surface area contributed by atoms with Crippen molar-refractivity contribution in [2.24, 2.45) is 4.99 Å². The van der Waals surface area contributed by atoms with E-state index in [-0.39, 0.29) is 0 Å². The highest BCUT2D eigenvalue weighted by molar-refractivity contribution is 5.79. The molecule has 0 amide bonds. The Kier molecular flexibility index (Phi) is 7.61. The van der Waals surface area contributed by atoms with E-state index in [9.17, 15) is 0 Å². The van der Waals surface area contributed by atoms with Gasteiger partial charge >= 0.3 is 0 Å². The van der Waals surface area contributed by atoms with Gasteiger partial charge < -0.3 is 29.6 Å². The van der Waals surface area contributed by atoms with Crippen molar-refractivity contribution >= 4 is 5.96 Å².